The van der Waals surface area contributed by atoms with Gasteiger partial charge in [-0.3, -0.25) is 9.11 Å². The SMILES string of the molecule is C1CO1.CCCCCCCCCCCCO.O=S(=O)(O)O. The summed E-state index contributed by atoms with van der Waals surface area (Å²) in [4.78, 5) is 0. The Bertz CT molecular complexity index is 256. The molecule has 0 saturated carbocycles. The molecule has 1 heterocycles. The van der Waals surface area contributed by atoms with Crippen LogP contribution in [0.3, 0.4) is 0 Å². The first-order valence-corrected chi connectivity index (χ1v) is 9.20. The number of aliphatic hydroxyl groups excluding tert-OH is 1. The first-order valence-electron chi connectivity index (χ1n) is 7.80. The molecule has 0 amide bonds. The molecule has 6 nitrogen and oxygen atoms in total. The smallest absolute Gasteiger partial charge is 0.394 e. The highest BCUT2D eigenvalue weighted by molar-refractivity contribution is 7.79. The summed E-state index contributed by atoms with van der Waals surface area (Å²) in [6, 6.07) is 0. The van der Waals surface area contributed by atoms with E-state index in [1.807, 2.05) is 0 Å². The topological polar surface area (TPSA) is 107 Å². The molecule has 0 aromatic carbocycles. The van der Waals surface area contributed by atoms with Gasteiger partial charge in [0.05, 0.1) is 13.2 Å². The van der Waals surface area contributed by atoms with Crippen molar-refractivity contribution in [2.75, 3.05) is 19.8 Å². The molecule has 0 radical (unpaired) electrons. The Kier molecular flexibility index (Phi) is 19.6. The lowest BCUT2D eigenvalue weighted by atomic mass is 10.1. The third-order valence-corrected chi connectivity index (χ3v) is 2.72. The Morgan fingerprint density at radius 3 is 1.33 bits per heavy atom. The van der Waals surface area contributed by atoms with Crippen molar-refractivity contribution in [3.63, 3.8) is 0 Å². The first kappa shape index (κ1) is 23.1. The van der Waals surface area contributed by atoms with E-state index in [4.69, 9.17) is 22.6 Å². The van der Waals surface area contributed by atoms with Crippen LogP contribution in [0, 0.1) is 0 Å². The number of ether oxygens (including phenoxy) is 1. The lowest BCUT2D eigenvalue weighted by molar-refractivity contribution is 0.282. The maximum absolute atomic E-state index is 8.74. The van der Waals surface area contributed by atoms with Gasteiger partial charge in [0.1, 0.15) is 0 Å². The molecule has 21 heavy (non-hydrogen) atoms. The minimum Gasteiger partial charge on any atom is -0.396 e. The molecule has 0 aromatic heterocycles. The summed E-state index contributed by atoms with van der Waals surface area (Å²) >= 11 is 0. The Labute approximate surface area is 129 Å². The third-order valence-electron chi connectivity index (χ3n) is 2.72. The molecule has 1 rings (SSSR count). The summed E-state index contributed by atoms with van der Waals surface area (Å²) in [5.41, 5.74) is 0. The second kappa shape index (κ2) is 17.8. The second-order valence-corrected chi connectivity index (χ2v) is 5.86. The quantitative estimate of drug-likeness (QED) is 0.323. The molecule has 0 bridgehead atoms. The fourth-order valence-corrected chi connectivity index (χ4v) is 1.60. The van der Waals surface area contributed by atoms with Crippen LogP contribution in [0.5, 0.6) is 0 Å². The van der Waals surface area contributed by atoms with Crippen molar-refractivity contribution in [2.45, 2.75) is 71.1 Å². The van der Waals surface area contributed by atoms with Crippen LogP contribution >= 0.6 is 0 Å². The van der Waals surface area contributed by atoms with Crippen LogP contribution in [0.4, 0.5) is 0 Å². The Hall–Kier alpha value is -0.210. The van der Waals surface area contributed by atoms with E-state index in [1.165, 1.54) is 57.8 Å². The van der Waals surface area contributed by atoms with E-state index in [0.29, 0.717) is 6.61 Å². The van der Waals surface area contributed by atoms with Crippen LogP contribution in [-0.4, -0.2) is 42.5 Å². The highest BCUT2D eigenvalue weighted by Gasteiger charge is 1.94. The van der Waals surface area contributed by atoms with E-state index in [1.54, 1.807) is 0 Å². The van der Waals surface area contributed by atoms with E-state index in [2.05, 4.69) is 11.7 Å². The molecule has 0 spiro atoms. The highest BCUT2D eigenvalue weighted by atomic mass is 32.3. The van der Waals surface area contributed by atoms with Gasteiger partial charge >= 0.3 is 10.4 Å². The van der Waals surface area contributed by atoms with Gasteiger partial charge in [-0.1, -0.05) is 64.7 Å². The van der Waals surface area contributed by atoms with Crippen molar-refractivity contribution in [2.24, 2.45) is 0 Å². The van der Waals surface area contributed by atoms with E-state index in [-0.39, 0.29) is 0 Å². The van der Waals surface area contributed by atoms with Gasteiger partial charge in [-0.25, -0.2) is 0 Å². The van der Waals surface area contributed by atoms with Crippen molar-refractivity contribution in [1.82, 2.24) is 0 Å². The number of aliphatic hydroxyl groups is 1. The fraction of sp³-hybridized carbons (Fsp3) is 1.00. The minimum atomic E-state index is -4.67. The predicted molar refractivity (Wildman–Crippen MR) is 83.9 cm³/mol. The zero-order chi connectivity index (χ0) is 16.4. The Balaban J connectivity index is 0. The van der Waals surface area contributed by atoms with Crippen molar-refractivity contribution >= 4 is 10.4 Å². The summed E-state index contributed by atoms with van der Waals surface area (Å²) in [5, 5.41) is 8.57. The molecule has 0 unspecified atom stereocenters. The van der Waals surface area contributed by atoms with Crippen molar-refractivity contribution < 1.29 is 27.4 Å². The molecule has 1 aliphatic heterocycles. The molecular formula is C14H32O6S. The molecule has 1 fully saturated rings. The van der Waals surface area contributed by atoms with Crippen LogP contribution in [0.25, 0.3) is 0 Å². The average molecular weight is 328 g/mol. The van der Waals surface area contributed by atoms with Crippen molar-refractivity contribution in [3.05, 3.63) is 0 Å². The second-order valence-electron chi connectivity index (χ2n) is 4.97. The van der Waals surface area contributed by atoms with Gasteiger partial charge in [0.15, 0.2) is 0 Å². The maximum atomic E-state index is 8.74. The summed E-state index contributed by atoms with van der Waals surface area (Å²) in [5.74, 6) is 0. The van der Waals surface area contributed by atoms with Crippen LogP contribution in [0.2, 0.25) is 0 Å². The van der Waals surface area contributed by atoms with Gasteiger partial charge in [-0.2, -0.15) is 8.42 Å². The van der Waals surface area contributed by atoms with E-state index < -0.39 is 10.4 Å². The average Bonchev–Trinajstić information content (AvgIpc) is 3.23. The van der Waals surface area contributed by atoms with Gasteiger partial charge < -0.3 is 9.84 Å². The molecule has 3 N–H and O–H groups in total. The fourth-order valence-electron chi connectivity index (χ4n) is 1.60. The van der Waals surface area contributed by atoms with Crippen LogP contribution < -0.4 is 0 Å². The van der Waals surface area contributed by atoms with Crippen molar-refractivity contribution in [3.8, 4) is 0 Å². The molecule has 130 valence electrons. The van der Waals surface area contributed by atoms with Gasteiger partial charge in [0, 0.05) is 6.61 Å². The summed E-state index contributed by atoms with van der Waals surface area (Å²) in [6.07, 6.45) is 13.3. The molecular weight excluding hydrogens is 296 g/mol. The van der Waals surface area contributed by atoms with Crippen molar-refractivity contribution in [1.29, 1.82) is 0 Å². The van der Waals surface area contributed by atoms with Gasteiger partial charge in [-0.15, -0.1) is 0 Å². The number of hydrogen-bond donors (Lipinski definition) is 3. The lowest BCUT2D eigenvalue weighted by Gasteiger charge is -2.00. The van der Waals surface area contributed by atoms with Crippen LogP contribution in [0.15, 0.2) is 0 Å². The largest absolute Gasteiger partial charge is 0.396 e. The van der Waals surface area contributed by atoms with Gasteiger partial charge in [0.25, 0.3) is 0 Å². The zero-order valence-electron chi connectivity index (χ0n) is 13.2. The van der Waals surface area contributed by atoms with Crippen LogP contribution in [-0.2, 0) is 15.1 Å². The Morgan fingerprint density at radius 2 is 1.10 bits per heavy atom. The molecule has 0 aliphatic carbocycles. The van der Waals surface area contributed by atoms with Gasteiger partial charge in [-0.05, 0) is 6.42 Å². The molecule has 1 saturated heterocycles. The van der Waals surface area contributed by atoms with E-state index in [9.17, 15) is 0 Å². The highest BCUT2D eigenvalue weighted by Crippen LogP contribution is 2.09. The summed E-state index contributed by atoms with van der Waals surface area (Å²) < 4.78 is 36.1. The number of unbranched alkanes of at least 4 members (excludes halogenated alkanes) is 9. The number of epoxide rings is 1. The summed E-state index contributed by atoms with van der Waals surface area (Å²) in [6.45, 7) is 4.63. The summed E-state index contributed by atoms with van der Waals surface area (Å²) in [7, 11) is -4.67. The molecule has 7 heteroatoms. The predicted octanol–water partition coefficient (Wildman–Crippen LogP) is 3.26. The molecule has 1 aliphatic rings. The standard InChI is InChI=1S/C12H26O.C2H4O.H2O4S/c1-2-3-4-5-6-7-8-9-10-11-12-13;1-2-3-1;1-5(2,3)4/h13H,2-12H2,1H3;1-2H2;(H2,1,2,3,4). The maximum Gasteiger partial charge on any atom is 0.394 e. The minimum absolute atomic E-state index is 0.372. The van der Waals surface area contributed by atoms with Gasteiger partial charge in [0.2, 0.25) is 0 Å². The molecule has 0 atom stereocenters. The number of rotatable bonds is 10. The van der Waals surface area contributed by atoms with E-state index >= 15 is 0 Å². The lowest BCUT2D eigenvalue weighted by Crippen LogP contribution is -1.89. The monoisotopic (exact) mass is 328 g/mol. The Morgan fingerprint density at radius 1 is 0.810 bits per heavy atom. The van der Waals surface area contributed by atoms with E-state index in [0.717, 1.165) is 19.6 Å². The zero-order valence-corrected chi connectivity index (χ0v) is 14.0. The molecule has 0 aromatic rings. The van der Waals surface area contributed by atoms with Crippen LogP contribution in [0.1, 0.15) is 71.1 Å². The normalized spacial score (nSPS) is 12.8. The third kappa shape index (κ3) is 53.8. The number of hydrogen-bond acceptors (Lipinski definition) is 4. The first-order chi connectivity index (χ1) is 9.91.